The van der Waals surface area contributed by atoms with Crippen molar-refractivity contribution in [2.75, 3.05) is 13.2 Å². The molecule has 0 amide bonds. The Morgan fingerprint density at radius 1 is 1.40 bits per heavy atom. The Morgan fingerprint density at radius 2 is 2.00 bits per heavy atom. The molecule has 2 aliphatic rings. The minimum Gasteiger partial charge on any atom is -0.466 e. The van der Waals surface area contributed by atoms with E-state index in [1.54, 1.807) is 0 Å². The number of esters is 1. The lowest BCUT2D eigenvalue weighted by atomic mass is 9.84. The maximum absolute atomic E-state index is 11.9. The van der Waals surface area contributed by atoms with Crippen LogP contribution in [0.15, 0.2) is 0 Å². The summed E-state index contributed by atoms with van der Waals surface area (Å²) in [5.74, 6) is 1.41. The van der Waals surface area contributed by atoms with Crippen LogP contribution in [0.2, 0.25) is 0 Å². The van der Waals surface area contributed by atoms with Gasteiger partial charge in [0.15, 0.2) is 0 Å². The van der Waals surface area contributed by atoms with Crippen LogP contribution in [0.3, 0.4) is 0 Å². The van der Waals surface area contributed by atoms with Crippen LogP contribution < -0.4 is 5.73 Å². The Labute approximate surface area is 91.4 Å². The topological polar surface area (TPSA) is 52.3 Å². The average molecular weight is 211 g/mol. The van der Waals surface area contributed by atoms with Crippen molar-refractivity contribution < 1.29 is 9.53 Å². The lowest BCUT2D eigenvalue weighted by Gasteiger charge is -2.25. The van der Waals surface area contributed by atoms with Crippen molar-refractivity contribution in [1.29, 1.82) is 0 Å². The van der Waals surface area contributed by atoms with Crippen LogP contribution in [0.1, 0.15) is 39.0 Å². The van der Waals surface area contributed by atoms with Crippen LogP contribution in [-0.4, -0.2) is 19.1 Å². The lowest BCUT2D eigenvalue weighted by molar-refractivity contribution is -0.154. The van der Waals surface area contributed by atoms with Gasteiger partial charge >= 0.3 is 5.97 Å². The van der Waals surface area contributed by atoms with E-state index in [9.17, 15) is 4.79 Å². The highest BCUT2D eigenvalue weighted by atomic mass is 16.5. The maximum atomic E-state index is 11.9. The standard InChI is InChI=1S/C12H21NO2/c1-2-15-11(14)12(8-13)6-9-4-3-5-10(9)7-12/h9-10H,2-8,13H2,1H3. The van der Waals surface area contributed by atoms with Crippen LogP contribution in [0.25, 0.3) is 0 Å². The molecule has 2 fully saturated rings. The van der Waals surface area contributed by atoms with Crippen molar-refractivity contribution in [3.63, 3.8) is 0 Å². The maximum Gasteiger partial charge on any atom is 0.313 e. The molecule has 0 radical (unpaired) electrons. The molecule has 0 aromatic carbocycles. The third-order valence-corrected chi connectivity index (χ3v) is 4.22. The molecule has 2 saturated carbocycles. The fourth-order valence-corrected chi connectivity index (χ4v) is 3.44. The molecule has 0 heterocycles. The smallest absolute Gasteiger partial charge is 0.313 e. The van der Waals surface area contributed by atoms with Crippen molar-refractivity contribution in [3.8, 4) is 0 Å². The van der Waals surface area contributed by atoms with E-state index in [2.05, 4.69) is 0 Å². The Morgan fingerprint density at radius 3 is 2.47 bits per heavy atom. The summed E-state index contributed by atoms with van der Waals surface area (Å²) in [5.41, 5.74) is 5.46. The van der Waals surface area contributed by atoms with Gasteiger partial charge < -0.3 is 10.5 Å². The van der Waals surface area contributed by atoms with E-state index in [0.717, 1.165) is 24.7 Å². The monoisotopic (exact) mass is 211 g/mol. The molecule has 2 atom stereocenters. The van der Waals surface area contributed by atoms with E-state index in [1.165, 1.54) is 19.3 Å². The van der Waals surface area contributed by atoms with Gasteiger partial charge in [-0.05, 0) is 31.6 Å². The fraction of sp³-hybridized carbons (Fsp3) is 0.917. The summed E-state index contributed by atoms with van der Waals surface area (Å²) in [7, 11) is 0. The number of nitrogens with two attached hydrogens (primary N) is 1. The molecule has 0 saturated heterocycles. The summed E-state index contributed by atoms with van der Waals surface area (Å²) in [6.45, 7) is 2.78. The number of fused-ring (bicyclic) bond motifs is 1. The second-order valence-corrected chi connectivity index (χ2v) is 5.06. The molecule has 2 N–H and O–H groups in total. The SMILES string of the molecule is CCOC(=O)C1(CN)CC2CCCC2C1. The molecule has 2 aliphatic carbocycles. The third kappa shape index (κ3) is 1.78. The van der Waals surface area contributed by atoms with Crippen molar-refractivity contribution in [2.45, 2.75) is 39.0 Å². The molecular weight excluding hydrogens is 190 g/mol. The molecule has 0 aliphatic heterocycles. The van der Waals surface area contributed by atoms with Crippen molar-refractivity contribution >= 4 is 5.97 Å². The van der Waals surface area contributed by atoms with Crippen LogP contribution in [0.5, 0.6) is 0 Å². The van der Waals surface area contributed by atoms with E-state index in [1.807, 2.05) is 6.92 Å². The normalized spacial score (nSPS) is 39.1. The highest BCUT2D eigenvalue weighted by Gasteiger charge is 2.51. The van der Waals surface area contributed by atoms with Crippen LogP contribution in [-0.2, 0) is 9.53 Å². The van der Waals surface area contributed by atoms with Gasteiger partial charge in [0.25, 0.3) is 0 Å². The first-order chi connectivity index (χ1) is 7.22. The summed E-state index contributed by atoms with van der Waals surface area (Å²) < 4.78 is 5.17. The van der Waals surface area contributed by atoms with E-state index in [-0.39, 0.29) is 11.4 Å². The zero-order valence-corrected chi connectivity index (χ0v) is 9.50. The number of carbonyl (C=O) groups is 1. The van der Waals surface area contributed by atoms with Gasteiger partial charge in [0.2, 0.25) is 0 Å². The molecule has 2 unspecified atom stereocenters. The first-order valence-electron chi connectivity index (χ1n) is 6.09. The summed E-state index contributed by atoms with van der Waals surface area (Å²) in [5, 5.41) is 0. The molecule has 3 heteroatoms. The quantitative estimate of drug-likeness (QED) is 0.723. The molecule has 15 heavy (non-hydrogen) atoms. The van der Waals surface area contributed by atoms with Crippen molar-refractivity contribution in [2.24, 2.45) is 23.0 Å². The van der Waals surface area contributed by atoms with Gasteiger partial charge in [0, 0.05) is 6.54 Å². The van der Waals surface area contributed by atoms with Gasteiger partial charge in [0.05, 0.1) is 12.0 Å². The van der Waals surface area contributed by atoms with E-state index < -0.39 is 0 Å². The van der Waals surface area contributed by atoms with Gasteiger partial charge in [-0.3, -0.25) is 4.79 Å². The summed E-state index contributed by atoms with van der Waals surface area (Å²) in [4.78, 5) is 11.9. The zero-order valence-electron chi connectivity index (χ0n) is 9.50. The van der Waals surface area contributed by atoms with Gasteiger partial charge in [0.1, 0.15) is 0 Å². The minimum absolute atomic E-state index is 0.0538. The number of ether oxygens (including phenoxy) is 1. The van der Waals surface area contributed by atoms with E-state index in [4.69, 9.17) is 10.5 Å². The van der Waals surface area contributed by atoms with Gasteiger partial charge in [-0.1, -0.05) is 19.3 Å². The molecular formula is C12H21NO2. The molecule has 2 rings (SSSR count). The van der Waals surface area contributed by atoms with Crippen molar-refractivity contribution in [1.82, 2.24) is 0 Å². The predicted octanol–water partition coefficient (Wildman–Crippen LogP) is 1.70. The van der Waals surface area contributed by atoms with Gasteiger partial charge in [-0.25, -0.2) is 0 Å². The number of hydrogen-bond acceptors (Lipinski definition) is 3. The van der Waals surface area contributed by atoms with Crippen LogP contribution >= 0.6 is 0 Å². The summed E-state index contributed by atoms with van der Waals surface area (Å²) >= 11 is 0. The fourth-order valence-electron chi connectivity index (χ4n) is 3.44. The van der Waals surface area contributed by atoms with Gasteiger partial charge in [-0.2, -0.15) is 0 Å². The van der Waals surface area contributed by atoms with Crippen LogP contribution in [0, 0.1) is 17.3 Å². The van der Waals surface area contributed by atoms with Gasteiger partial charge in [-0.15, -0.1) is 0 Å². The first-order valence-corrected chi connectivity index (χ1v) is 6.09. The highest BCUT2D eigenvalue weighted by Crippen LogP contribution is 2.53. The molecule has 0 spiro atoms. The number of carbonyl (C=O) groups excluding carboxylic acids is 1. The summed E-state index contributed by atoms with van der Waals surface area (Å²) in [6, 6.07) is 0. The average Bonchev–Trinajstić information content (AvgIpc) is 2.75. The van der Waals surface area contributed by atoms with E-state index >= 15 is 0 Å². The van der Waals surface area contributed by atoms with Crippen LogP contribution in [0.4, 0.5) is 0 Å². The zero-order chi connectivity index (χ0) is 10.9. The molecule has 0 aromatic heterocycles. The second-order valence-electron chi connectivity index (χ2n) is 5.06. The molecule has 86 valence electrons. The molecule has 0 aromatic rings. The first kappa shape index (κ1) is 10.9. The number of hydrogen-bond donors (Lipinski definition) is 1. The Kier molecular flexibility index (Phi) is 3.01. The van der Waals surface area contributed by atoms with Crippen molar-refractivity contribution in [3.05, 3.63) is 0 Å². The number of rotatable bonds is 3. The minimum atomic E-state index is -0.342. The second kappa shape index (κ2) is 4.12. The Hall–Kier alpha value is -0.570. The third-order valence-electron chi connectivity index (χ3n) is 4.22. The highest BCUT2D eigenvalue weighted by molar-refractivity contribution is 5.77. The summed E-state index contributed by atoms with van der Waals surface area (Å²) in [6.07, 6.45) is 5.83. The Balaban J connectivity index is 2.07. The Bertz CT molecular complexity index is 240. The lowest BCUT2D eigenvalue weighted by Crippen LogP contribution is -2.38. The predicted molar refractivity (Wildman–Crippen MR) is 58.2 cm³/mol. The molecule has 3 nitrogen and oxygen atoms in total. The molecule has 0 bridgehead atoms. The van der Waals surface area contributed by atoms with E-state index in [0.29, 0.717) is 13.2 Å². The largest absolute Gasteiger partial charge is 0.466 e.